The second-order valence-corrected chi connectivity index (χ2v) is 5.00. The summed E-state index contributed by atoms with van der Waals surface area (Å²) in [5, 5.41) is 11.6. The van der Waals surface area contributed by atoms with Crippen molar-refractivity contribution in [3.8, 4) is 0 Å². The van der Waals surface area contributed by atoms with Gasteiger partial charge in [0.15, 0.2) is 0 Å². The van der Waals surface area contributed by atoms with Gasteiger partial charge in [-0.2, -0.15) is 0 Å². The number of carbonyl (C=O) groups is 2. The molecule has 0 saturated heterocycles. The maximum atomic E-state index is 12.2. The van der Waals surface area contributed by atoms with Crippen LogP contribution < -0.4 is 5.32 Å². The third-order valence-corrected chi connectivity index (χ3v) is 3.50. The predicted molar refractivity (Wildman–Crippen MR) is 79.2 cm³/mol. The fourth-order valence-corrected chi connectivity index (χ4v) is 2.31. The number of carbonyl (C=O) groups excluding carboxylic acids is 1. The van der Waals surface area contributed by atoms with Gasteiger partial charge in [0, 0.05) is 25.7 Å². The summed E-state index contributed by atoms with van der Waals surface area (Å²) in [7, 11) is 1.50. The Labute approximate surface area is 123 Å². The number of allylic oxidation sites excluding steroid dienone is 1. The lowest BCUT2D eigenvalue weighted by atomic mass is 9.95. The average molecular weight is 289 g/mol. The van der Waals surface area contributed by atoms with Crippen LogP contribution in [0.2, 0.25) is 0 Å². The molecule has 1 atom stereocenters. The van der Waals surface area contributed by atoms with Crippen molar-refractivity contribution in [2.45, 2.75) is 25.3 Å². The van der Waals surface area contributed by atoms with Gasteiger partial charge in [-0.1, -0.05) is 18.2 Å². The molecular formula is C16H19NO4. The highest BCUT2D eigenvalue weighted by Gasteiger charge is 2.20. The minimum Gasteiger partial charge on any atom is -0.480 e. The van der Waals surface area contributed by atoms with Crippen molar-refractivity contribution in [1.29, 1.82) is 0 Å². The van der Waals surface area contributed by atoms with Gasteiger partial charge in [-0.05, 0) is 36.1 Å². The first-order valence-corrected chi connectivity index (χ1v) is 6.94. The molecule has 21 heavy (non-hydrogen) atoms. The number of rotatable bonds is 6. The van der Waals surface area contributed by atoms with Crippen LogP contribution in [-0.4, -0.2) is 36.7 Å². The molecule has 5 nitrogen and oxygen atoms in total. The van der Waals surface area contributed by atoms with E-state index in [0.717, 1.165) is 24.0 Å². The molecule has 0 spiro atoms. The maximum Gasteiger partial charge on any atom is 0.326 e. The van der Waals surface area contributed by atoms with Gasteiger partial charge in [-0.25, -0.2) is 4.79 Å². The van der Waals surface area contributed by atoms with Gasteiger partial charge >= 0.3 is 5.97 Å². The lowest BCUT2D eigenvalue weighted by Crippen LogP contribution is -2.41. The summed E-state index contributed by atoms with van der Waals surface area (Å²) in [4.78, 5) is 23.3. The minimum absolute atomic E-state index is 0.241. The van der Waals surface area contributed by atoms with Gasteiger partial charge in [0.1, 0.15) is 6.04 Å². The smallest absolute Gasteiger partial charge is 0.326 e. The topological polar surface area (TPSA) is 75.6 Å². The molecule has 0 aliphatic heterocycles. The highest BCUT2D eigenvalue weighted by atomic mass is 16.5. The summed E-state index contributed by atoms with van der Waals surface area (Å²) in [5.41, 5.74) is 2.73. The standard InChI is InChI=1S/C16H19NO4/c1-21-9-8-14(16(19)20)17-15(18)13-7-6-11-4-2-3-5-12(11)10-13/h2,4,6-7,10,14H,3,5,8-9H2,1H3,(H,17,18)(H,19,20). The molecule has 5 heteroatoms. The van der Waals surface area contributed by atoms with E-state index in [9.17, 15) is 9.59 Å². The Morgan fingerprint density at radius 2 is 2.24 bits per heavy atom. The van der Waals surface area contributed by atoms with Crippen LogP contribution in [0.25, 0.3) is 6.08 Å². The number of hydrogen-bond donors (Lipinski definition) is 2. The molecule has 0 saturated carbocycles. The second-order valence-electron chi connectivity index (χ2n) is 5.00. The molecule has 2 N–H and O–H groups in total. The van der Waals surface area contributed by atoms with Gasteiger partial charge in [-0.3, -0.25) is 4.79 Å². The zero-order chi connectivity index (χ0) is 15.2. The van der Waals surface area contributed by atoms with Gasteiger partial charge < -0.3 is 15.2 Å². The molecule has 1 aliphatic rings. The fraction of sp³-hybridized carbons (Fsp3) is 0.375. The zero-order valence-electron chi connectivity index (χ0n) is 12.0. The predicted octanol–water partition coefficient (Wildman–Crippen LogP) is 1.87. The molecule has 1 aliphatic carbocycles. The quantitative estimate of drug-likeness (QED) is 0.838. The van der Waals surface area contributed by atoms with Crippen molar-refractivity contribution in [3.63, 3.8) is 0 Å². The lowest BCUT2D eigenvalue weighted by Gasteiger charge is -2.16. The van der Waals surface area contributed by atoms with E-state index in [-0.39, 0.29) is 18.9 Å². The molecule has 1 aromatic rings. The van der Waals surface area contributed by atoms with Crippen LogP contribution in [0.15, 0.2) is 24.3 Å². The van der Waals surface area contributed by atoms with Crippen molar-refractivity contribution in [2.75, 3.05) is 13.7 Å². The molecule has 1 aromatic carbocycles. The van der Waals surface area contributed by atoms with Crippen LogP contribution in [0.1, 0.15) is 34.3 Å². The highest BCUT2D eigenvalue weighted by Crippen LogP contribution is 2.20. The number of ether oxygens (including phenoxy) is 1. The number of benzene rings is 1. The van der Waals surface area contributed by atoms with Crippen LogP contribution in [0.4, 0.5) is 0 Å². The number of nitrogens with one attached hydrogen (secondary N) is 1. The van der Waals surface area contributed by atoms with E-state index in [1.807, 2.05) is 18.2 Å². The summed E-state index contributed by atoms with van der Waals surface area (Å²) < 4.78 is 4.86. The number of amides is 1. The van der Waals surface area contributed by atoms with E-state index in [2.05, 4.69) is 11.4 Å². The number of aryl methyl sites for hydroxylation is 1. The largest absolute Gasteiger partial charge is 0.480 e. The summed E-state index contributed by atoms with van der Waals surface area (Å²) in [6.45, 7) is 0.284. The molecule has 0 aromatic heterocycles. The molecule has 0 bridgehead atoms. The summed E-state index contributed by atoms with van der Waals surface area (Å²) in [6.07, 6.45) is 6.25. The monoisotopic (exact) mass is 289 g/mol. The van der Waals surface area contributed by atoms with Crippen LogP contribution >= 0.6 is 0 Å². The Morgan fingerprint density at radius 1 is 1.43 bits per heavy atom. The number of carboxylic acid groups (broad SMARTS) is 1. The molecule has 0 fully saturated rings. The molecule has 1 unspecified atom stereocenters. The second kappa shape index (κ2) is 7.04. The Hall–Kier alpha value is -2.14. The third kappa shape index (κ3) is 3.92. The van der Waals surface area contributed by atoms with E-state index >= 15 is 0 Å². The Bertz CT molecular complexity index is 565. The van der Waals surface area contributed by atoms with Crippen LogP contribution in [0.5, 0.6) is 0 Å². The van der Waals surface area contributed by atoms with E-state index in [1.54, 1.807) is 6.07 Å². The minimum atomic E-state index is -1.05. The summed E-state index contributed by atoms with van der Waals surface area (Å²) >= 11 is 0. The zero-order valence-corrected chi connectivity index (χ0v) is 12.0. The first-order chi connectivity index (χ1) is 10.1. The highest BCUT2D eigenvalue weighted by molar-refractivity contribution is 5.97. The van der Waals surface area contributed by atoms with E-state index < -0.39 is 12.0 Å². The first kappa shape index (κ1) is 15.3. The van der Waals surface area contributed by atoms with Crippen LogP contribution in [0.3, 0.4) is 0 Å². The molecule has 0 radical (unpaired) electrons. The van der Waals surface area contributed by atoms with Gasteiger partial charge in [0.25, 0.3) is 5.91 Å². The van der Waals surface area contributed by atoms with Crippen LogP contribution in [-0.2, 0) is 16.0 Å². The van der Waals surface area contributed by atoms with E-state index in [0.29, 0.717) is 5.56 Å². The van der Waals surface area contributed by atoms with E-state index in [1.165, 1.54) is 7.11 Å². The summed E-state index contributed by atoms with van der Waals surface area (Å²) in [6, 6.07) is 4.51. The number of fused-ring (bicyclic) bond motifs is 1. The van der Waals surface area contributed by atoms with Crippen molar-refractivity contribution >= 4 is 18.0 Å². The molecule has 2 rings (SSSR count). The molecule has 112 valence electrons. The van der Waals surface area contributed by atoms with Crippen molar-refractivity contribution < 1.29 is 19.4 Å². The van der Waals surface area contributed by atoms with E-state index in [4.69, 9.17) is 9.84 Å². The lowest BCUT2D eigenvalue weighted by molar-refractivity contribution is -0.139. The van der Waals surface area contributed by atoms with Gasteiger partial charge in [0.05, 0.1) is 0 Å². The number of carboxylic acids is 1. The maximum absolute atomic E-state index is 12.2. The Balaban J connectivity index is 2.08. The van der Waals surface area contributed by atoms with Crippen molar-refractivity contribution in [3.05, 3.63) is 41.0 Å². The Kier molecular flexibility index (Phi) is 5.11. The average Bonchev–Trinajstić information content (AvgIpc) is 2.50. The van der Waals surface area contributed by atoms with Crippen molar-refractivity contribution in [1.82, 2.24) is 5.32 Å². The number of aliphatic carboxylic acids is 1. The molecule has 0 heterocycles. The third-order valence-electron chi connectivity index (χ3n) is 3.50. The number of hydrogen-bond acceptors (Lipinski definition) is 3. The first-order valence-electron chi connectivity index (χ1n) is 6.94. The van der Waals surface area contributed by atoms with Gasteiger partial charge in [-0.15, -0.1) is 0 Å². The fourth-order valence-electron chi connectivity index (χ4n) is 2.31. The normalized spacial score (nSPS) is 14.3. The van der Waals surface area contributed by atoms with Crippen molar-refractivity contribution in [2.24, 2.45) is 0 Å². The molecule has 1 amide bonds. The molecular weight excluding hydrogens is 270 g/mol. The number of methoxy groups -OCH3 is 1. The SMILES string of the molecule is COCCC(NC(=O)c1ccc2c(c1)CCC=C2)C(=O)O. The van der Waals surface area contributed by atoms with Gasteiger partial charge in [0.2, 0.25) is 0 Å². The van der Waals surface area contributed by atoms with Crippen LogP contribution in [0, 0.1) is 0 Å². The summed E-state index contributed by atoms with van der Waals surface area (Å²) in [5.74, 6) is -1.42. The Morgan fingerprint density at radius 3 is 2.95 bits per heavy atom.